The summed E-state index contributed by atoms with van der Waals surface area (Å²) in [4.78, 5) is 1.23. The van der Waals surface area contributed by atoms with Crippen LogP contribution in [0.1, 0.15) is 15.8 Å². The zero-order valence-corrected chi connectivity index (χ0v) is 12.8. The number of rotatable bonds is 4. The van der Waals surface area contributed by atoms with Gasteiger partial charge in [-0.25, -0.2) is 0 Å². The second kappa shape index (κ2) is 5.53. The smallest absolute Gasteiger partial charge is 0.122 e. The van der Waals surface area contributed by atoms with E-state index in [2.05, 4.69) is 23.6 Å². The van der Waals surface area contributed by atoms with Crippen molar-refractivity contribution >= 4 is 43.7 Å². The molecule has 2 aromatic heterocycles. The Bertz CT molecular complexity index is 658. The van der Waals surface area contributed by atoms with Crippen LogP contribution in [0.5, 0.6) is 5.75 Å². The van der Waals surface area contributed by atoms with Crippen LogP contribution in [0.3, 0.4) is 0 Å². The summed E-state index contributed by atoms with van der Waals surface area (Å²) < 4.78 is 8.02. The second-order valence-corrected chi connectivity index (χ2v) is 6.87. The van der Waals surface area contributed by atoms with Gasteiger partial charge in [-0.1, -0.05) is 18.2 Å². The number of methoxy groups -OCH3 is 1. The van der Waals surface area contributed by atoms with Gasteiger partial charge in [-0.05, 0) is 35.6 Å². The molecule has 4 heteroatoms. The van der Waals surface area contributed by atoms with Crippen molar-refractivity contribution in [3.05, 3.63) is 52.2 Å². The number of halogens is 1. The van der Waals surface area contributed by atoms with Crippen LogP contribution in [0, 0.1) is 0 Å². The van der Waals surface area contributed by atoms with Crippen molar-refractivity contribution in [3.63, 3.8) is 0 Å². The average molecular weight is 309 g/mol. The molecular weight excluding hydrogens is 296 g/mol. The van der Waals surface area contributed by atoms with Gasteiger partial charge in [0.2, 0.25) is 0 Å². The van der Waals surface area contributed by atoms with Crippen molar-refractivity contribution in [1.29, 1.82) is 0 Å². The molecule has 1 aromatic carbocycles. The van der Waals surface area contributed by atoms with E-state index in [-0.39, 0.29) is 5.38 Å². The summed E-state index contributed by atoms with van der Waals surface area (Å²) in [5.74, 6) is 0.909. The van der Waals surface area contributed by atoms with E-state index in [1.807, 2.05) is 18.2 Å². The minimum atomic E-state index is 0.000833. The molecule has 1 unspecified atom stereocenters. The molecular formula is C15H13ClOS2. The van der Waals surface area contributed by atoms with Crippen LogP contribution in [0.4, 0.5) is 0 Å². The fourth-order valence-electron chi connectivity index (χ4n) is 2.10. The summed E-state index contributed by atoms with van der Waals surface area (Å²) in [5, 5.41) is 2.12. The minimum Gasteiger partial charge on any atom is -0.496 e. The van der Waals surface area contributed by atoms with Gasteiger partial charge in [-0.2, -0.15) is 0 Å². The first kappa shape index (κ1) is 13.0. The van der Waals surface area contributed by atoms with E-state index in [4.69, 9.17) is 16.3 Å². The van der Waals surface area contributed by atoms with E-state index in [1.165, 1.54) is 14.3 Å². The molecule has 0 fully saturated rings. The van der Waals surface area contributed by atoms with Crippen molar-refractivity contribution in [2.45, 2.75) is 11.8 Å². The van der Waals surface area contributed by atoms with Gasteiger partial charge in [0.25, 0.3) is 0 Å². The Kier molecular flexibility index (Phi) is 3.78. The fourth-order valence-corrected chi connectivity index (χ4v) is 4.56. The normalized spacial score (nSPS) is 12.7. The largest absolute Gasteiger partial charge is 0.496 e. The Morgan fingerprint density at radius 1 is 1.21 bits per heavy atom. The predicted molar refractivity (Wildman–Crippen MR) is 85.0 cm³/mol. The van der Waals surface area contributed by atoms with Crippen molar-refractivity contribution in [1.82, 2.24) is 0 Å². The Morgan fingerprint density at radius 2 is 2.05 bits per heavy atom. The molecule has 98 valence electrons. The zero-order valence-electron chi connectivity index (χ0n) is 10.4. The van der Waals surface area contributed by atoms with Crippen LogP contribution in [0.2, 0.25) is 0 Å². The van der Waals surface area contributed by atoms with Gasteiger partial charge in [-0.15, -0.1) is 34.3 Å². The number of fused-ring (bicyclic) bond motifs is 1. The van der Waals surface area contributed by atoms with Crippen LogP contribution in [0.25, 0.3) is 9.40 Å². The lowest BCUT2D eigenvalue weighted by Gasteiger charge is -2.11. The Hall–Kier alpha value is -1.03. The first-order valence-corrected chi connectivity index (χ1v) is 8.14. The lowest BCUT2D eigenvalue weighted by Crippen LogP contribution is -1.96. The molecule has 3 aromatic rings. The molecule has 0 radical (unpaired) electrons. The molecule has 3 rings (SSSR count). The first-order chi connectivity index (χ1) is 9.28. The summed E-state index contributed by atoms with van der Waals surface area (Å²) in [6.07, 6.45) is 0.791. The first-order valence-electron chi connectivity index (χ1n) is 6.01. The van der Waals surface area contributed by atoms with Crippen LogP contribution in [-0.2, 0) is 6.42 Å². The predicted octanol–water partition coefficient (Wildman–Crippen LogP) is 5.49. The number of hydrogen-bond acceptors (Lipinski definition) is 3. The summed E-state index contributed by atoms with van der Waals surface area (Å²) in [6, 6.07) is 12.4. The standard InChI is InChI=1S/C15H13ClOS2/c1-17-12-5-3-2-4-10(12)8-11(16)14-9-15-13(19-14)6-7-18-15/h2-7,9,11H,8H2,1H3. The van der Waals surface area contributed by atoms with Gasteiger partial charge in [0, 0.05) is 14.3 Å². The number of hydrogen-bond donors (Lipinski definition) is 0. The quantitative estimate of drug-likeness (QED) is 0.579. The van der Waals surface area contributed by atoms with E-state index in [0.29, 0.717) is 0 Å². The monoisotopic (exact) mass is 308 g/mol. The molecule has 2 heterocycles. The van der Waals surface area contributed by atoms with Gasteiger partial charge >= 0.3 is 0 Å². The van der Waals surface area contributed by atoms with Crippen LogP contribution in [-0.4, -0.2) is 7.11 Å². The van der Waals surface area contributed by atoms with E-state index >= 15 is 0 Å². The van der Waals surface area contributed by atoms with Gasteiger partial charge in [0.15, 0.2) is 0 Å². The Balaban J connectivity index is 1.84. The molecule has 0 N–H and O–H groups in total. The highest BCUT2D eigenvalue weighted by molar-refractivity contribution is 7.27. The summed E-state index contributed by atoms with van der Waals surface area (Å²) in [6.45, 7) is 0. The average Bonchev–Trinajstić information content (AvgIpc) is 3.00. The van der Waals surface area contributed by atoms with E-state index in [1.54, 1.807) is 29.8 Å². The van der Waals surface area contributed by atoms with Crippen molar-refractivity contribution < 1.29 is 4.74 Å². The molecule has 0 aliphatic carbocycles. The molecule has 0 bridgehead atoms. The Labute approximate surface area is 125 Å². The van der Waals surface area contributed by atoms with Crippen LogP contribution in [0.15, 0.2) is 41.8 Å². The van der Waals surface area contributed by atoms with Crippen LogP contribution < -0.4 is 4.74 Å². The van der Waals surface area contributed by atoms with Gasteiger partial charge < -0.3 is 4.74 Å². The third-order valence-electron chi connectivity index (χ3n) is 3.06. The summed E-state index contributed by atoms with van der Waals surface area (Å²) in [7, 11) is 1.70. The van der Waals surface area contributed by atoms with Gasteiger partial charge in [0.05, 0.1) is 12.5 Å². The maximum absolute atomic E-state index is 6.56. The molecule has 0 aliphatic heterocycles. The topological polar surface area (TPSA) is 9.23 Å². The zero-order chi connectivity index (χ0) is 13.2. The highest BCUT2D eigenvalue weighted by atomic mass is 35.5. The third kappa shape index (κ3) is 2.64. The van der Waals surface area contributed by atoms with Crippen molar-refractivity contribution in [3.8, 4) is 5.75 Å². The third-order valence-corrected chi connectivity index (χ3v) is 5.78. The van der Waals surface area contributed by atoms with Gasteiger partial charge in [0.1, 0.15) is 5.75 Å². The lowest BCUT2D eigenvalue weighted by molar-refractivity contribution is 0.409. The maximum Gasteiger partial charge on any atom is 0.122 e. The molecule has 0 amide bonds. The number of alkyl halides is 1. The van der Waals surface area contributed by atoms with Crippen LogP contribution >= 0.6 is 34.3 Å². The number of thiophene rings is 2. The molecule has 1 atom stereocenters. The maximum atomic E-state index is 6.56. The summed E-state index contributed by atoms with van der Waals surface area (Å²) in [5.41, 5.74) is 1.15. The Morgan fingerprint density at radius 3 is 2.84 bits per heavy atom. The summed E-state index contributed by atoms with van der Waals surface area (Å²) >= 11 is 10.1. The number of para-hydroxylation sites is 1. The fraction of sp³-hybridized carbons (Fsp3) is 0.200. The SMILES string of the molecule is COc1ccccc1CC(Cl)c1cc2sccc2s1. The highest BCUT2D eigenvalue weighted by Gasteiger charge is 2.15. The molecule has 0 spiro atoms. The molecule has 0 aliphatic rings. The minimum absolute atomic E-state index is 0.000833. The highest BCUT2D eigenvalue weighted by Crippen LogP contribution is 2.38. The van der Waals surface area contributed by atoms with Gasteiger partial charge in [-0.3, -0.25) is 0 Å². The second-order valence-electron chi connectivity index (χ2n) is 4.28. The molecule has 19 heavy (non-hydrogen) atoms. The van der Waals surface area contributed by atoms with E-state index in [9.17, 15) is 0 Å². The van der Waals surface area contributed by atoms with Crippen molar-refractivity contribution in [2.24, 2.45) is 0 Å². The molecule has 0 saturated carbocycles. The number of ether oxygens (including phenoxy) is 1. The van der Waals surface area contributed by atoms with Crippen molar-refractivity contribution in [2.75, 3.05) is 7.11 Å². The number of benzene rings is 1. The van der Waals surface area contributed by atoms with E-state index in [0.717, 1.165) is 17.7 Å². The molecule has 0 saturated heterocycles. The van der Waals surface area contributed by atoms with E-state index < -0.39 is 0 Å². The lowest BCUT2D eigenvalue weighted by atomic mass is 10.1. The molecule has 1 nitrogen and oxygen atoms in total.